The van der Waals surface area contributed by atoms with E-state index in [2.05, 4.69) is 20.4 Å². The average molecular weight is 394 g/mol. The highest BCUT2D eigenvalue weighted by Gasteiger charge is 2.12. The summed E-state index contributed by atoms with van der Waals surface area (Å²) in [5.74, 6) is -0.198. The Bertz CT molecular complexity index is 1210. The number of hydrogen-bond donors (Lipinski definition) is 1. The van der Waals surface area contributed by atoms with Crippen LogP contribution in [0.15, 0.2) is 47.0 Å². The van der Waals surface area contributed by atoms with Gasteiger partial charge in [-0.2, -0.15) is 5.10 Å². The Labute approximate surface area is 164 Å². The van der Waals surface area contributed by atoms with E-state index in [0.29, 0.717) is 16.2 Å². The molecule has 0 atom stereocenters. The lowest BCUT2D eigenvalue weighted by Gasteiger charge is -2.06. The zero-order valence-electron chi connectivity index (χ0n) is 15.4. The van der Waals surface area contributed by atoms with E-state index in [-0.39, 0.29) is 24.4 Å². The van der Waals surface area contributed by atoms with Crippen molar-refractivity contribution < 1.29 is 4.79 Å². The molecule has 142 valence electrons. The minimum Gasteiger partial charge on any atom is -0.302 e. The van der Waals surface area contributed by atoms with E-state index in [1.165, 1.54) is 28.4 Å². The number of anilines is 1. The highest BCUT2D eigenvalue weighted by atomic mass is 32.1. The number of carbonyl (C=O) groups excluding carboxylic acids is 1. The first-order valence-corrected chi connectivity index (χ1v) is 9.61. The normalized spacial score (nSPS) is 11.1. The molecule has 3 heterocycles. The highest BCUT2D eigenvalue weighted by Crippen LogP contribution is 2.15. The van der Waals surface area contributed by atoms with Crippen LogP contribution in [0.1, 0.15) is 17.7 Å². The van der Waals surface area contributed by atoms with E-state index >= 15 is 0 Å². The van der Waals surface area contributed by atoms with E-state index in [9.17, 15) is 9.59 Å². The summed E-state index contributed by atoms with van der Waals surface area (Å²) in [7, 11) is 0. The Morgan fingerprint density at radius 2 is 2.00 bits per heavy atom. The summed E-state index contributed by atoms with van der Waals surface area (Å²) in [5, 5.41) is 9.88. The van der Waals surface area contributed by atoms with Gasteiger partial charge in [-0.05, 0) is 26.0 Å². The summed E-state index contributed by atoms with van der Waals surface area (Å²) in [5.41, 5.74) is 3.11. The van der Waals surface area contributed by atoms with Crippen molar-refractivity contribution in [3.63, 3.8) is 0 Å². The summed E-state index contributed by atoms with van der Waals surface area (Å²) in [4.78, 5) is 33.4. The second-order valence-electron chi connectivity index (χ2n) is 6.46. The number of carbonyl (C=O) groups is 1. The fourth-order valence-corrected chi connectivity index (χ4v) is 3.50. The number of aryl methyl sites for hydroxylation is 3. The van der Waals surface area contributed by atoms with E-state index in [1.54, 1.807) is 4.68 Å². The molecule has 0 spiro atoms. The fourth-order valence-electron chi connectivity index (χ4n) is 2.80. The first-order valence-electron chi connectivity index (χ1n) is 8.73. The van der Waals surface area contributed by atoms with Gasteiger partial charge >= 0.3 is 0 Å². The quantitative estimate of drug-likeness (QED) is 0.562. The van der Waals surface area contributed by atoms with Crippen molar-refractivity contribution >= 4 is 33.4 Å². The minimum atomic E-state index is -0.221. The lowest BCUT2D eigenvalue weighted by atomic mass is 10.2. The predicted molar refractivity (Wildman–Crippen MR) is 108 cm³/mol. The Balaban J connectivity index is 1.53. The number of nitrogens with one attached hydrogen (secondary N) is 1. The van der Waals surface area contributed by atoms with Crippen LogP contribution in [0.4, 0.5) is 5.13 Å². The van der Waals surface area contributed by atoms with Crippen LogP contribution in [0.25, 0.3) is 16.7 Å². The lowest BCUT2D eigenvalue weighted by Crippen LogP contribution is -2.23. The van der Waals surface area contributed by atoms with Crippen LogP contribution in [0, 0.1) is 13.8 Å². The summed E-state index contributed by atoms with van der Waals surface area (Å²) in [6, 6.07) is 7.82. The second kappa shape index (κ2) is 7.35. The van der Waals surface area contributed by atoms with E-state index in [0.717, 1.165) is 16.9 Å². The summed E-state index contributed by atoms with van der Waals surface area (Å²) < 4.78 is 3.06. The van der Waals surface area contributed by atoms with Crippen LogP contribution < -0.4 is 10.9 Å². The largest absolute Gasteiger partial charge is 0.302 e. The van der Waals surface area contributed by atoms with Crippen LogP contribution in [0.5, 0.6) is 0 Å². The molecule has 0 aliphatic rings. The molecule has 0 saturated carbocycles. The van der Waals surface area contributed by atoms with Crippen LogP contribution >= 0.6 is 11.3 Å². The molecule has 0 unspecified atom stereocenters. The number of thiazole rings is 1. The number of aromatic nitrogens is 5. The van der Waals surface area contributed by atoms with Crippen LogP contribution in [0.3, 0.4) is 0 Å². The topological polar surface area (TPSA) is 94.7 Å². The number of fused-ring (bicyclic) bond motifs is 1. The number of amides is 1. The van der Waals surface area contributed by atoms with Crippen molar-refractivity contribution in [2.24, 2.45) is 0 Å². The van der Waals surface area contributed by atoms with Gasteiger partial charge in [0.15, 0.2) is 10.8 Å². The average Bonchev–Trinajstić information content (AvgIpc) is 3.28. The molecule has 4 rings (SSSR count). The van der Waals surface area contributed by atoms with Crippen molar-refractivity contribution in [1.82, 2.24) is 24.3 Å². The molecule has 4 aromatic rings. The Hall–Kier alpha value is -3.33. The Morgan fingerprint density at radius 3 is 2.71 bits per heavy atom. The molecule has 1 aromatic carbocycles. The molecular weight excluding hydrogens is 376 g/mol. The van der Waals surface area contributed by atoms with Gasteiger partial charge in [-0.15, -0.1) is 11.3 Å². The van der Waals surface area contributed by atoms with Crippen molar-refractivity contribution in [1.29, 1.82) is 0 Å². The zero-order chi connectivity index (χ0) is 19.7. The summed E-state index contributed by atoms with van der Waals surface area (Å²) >= 11 is 1.37. The van der Waals surface area contributed by atoms with Crippen molar-refractivity contribution in [2.75, 3.05) is 5.32 Å². The first kappa shape index (κ1) is 18.1. The summed E-state index contributed by atoms with van der Waals surface area (Å²) in [6.45, 7) is 4.10. The molecule has 1 N–H and O–H groups in total. The zero-order valence-corrected chi connectivity index (χ0v) is 16.2. The molecule has 8 nitrogen and oxygen atoms in total. The molecule has 28 heavy (non-hydrogen) atoms. The molecule has 0 aliphatic carbocycles. The maximum absolute atomic E-state index is 12.7. The van der Waals surface area contributed by atoms with Crippen molar-refractivity contribution in [2.45, 2.75) is 26.8 Å². The lowest BCUT2D eigenvalue weighted by molar-refractivity contribution is -0.116. The van der Waals surface area contributed by atoms with Gasteiger partial charge in [0.25, 0.3) is 5.56 Å². The van der Waals surface area contributed by atoms with Gasteiger partial charge in [-0.25, -0.2) is 14.6 Å². The van der Waals surface area contributed by atoms with Gasteiger partial charge in [0.1, 0.15) is 5.39 Å². The van der Waals surface area contributed by atoms with Crippen molar-refractivity contribution in [3.8, 4) is 5.69 Å². The molecule has 9 heteroatoms. The van der Waals surface area contributed by atoms with Gasteiger partial charge < -0.3 is 5.32 Å². The van der Waals surface area contributed by atoms with Gasteiger partial charge in [-0.1, -0.05) is 17.7 Å². The van der Waals surface area contributed by atoms with E-state index in [4.69, 9.17) is 0 Å². The first-order chi connectivity index (χ1) is 13.5. The second-order valence-corrected chi connectivity index (χ2v) is 7.32. The Kier molecular flexibility index (Phi) is 4.74. The SMILES string of the molecule is Cc1ccc(-n2ncc3c(=O)n(CCC(=O)Nc4nc(C)cs4)cnc32)cc1. The third-order valence-electron chi connectivity index (χ3n) is 4.28. The number of nitrogens with zero attached hydrogens (tertiary/aromatic N) is 5. The molecule has 1 amide bonds. The molecule has 0 saturated heterocycles. The van der Waals surface area contributed by atoms with Crippen LogP contribution in [-0.2, 0) is 11.3 Å². The van der Waals surface area contributed by atoms with Gasteiger partial charge in [-0.3, -0.25) is 14.2 Å². The van der Waals surface area contributed by atoms with Gasteiger partial charge in [0, 0.05) is 18.3 Å². The molecule has 0 fully saturated rings. The molecule has 3 aromatic heterocycles. The molecule has 0 radical (unpaired) electrons. The molecule has 0 aliphatic heterocycles. The number of hydrogen-bond acceptors (Lipinski definition) is 6. The third kappa shape index (κ3) is 3.56. The third-order valence-corrected chi connectivity index (χ3v) is 5.15. The maximum atomic E-state index is 12.7. The van der Waals surface area contributed by atoms with E-state index < -0.39 is 0 Å². The van der Waals surface area contributed by atoms with Crippen molar-refractivity contribution in [3.05, 3.63) is 63.8 Å². The highest BCUT2D eigenvalue weighted by molar-refractivity contribution is 7.13. The number of rotatable bonds is 5. The minimum absolute atomic E-state index is 0.151. The summed E-state index contributed by atoms with van der Waals surface area (Å²) in [6.07, 6.45) is 3.12. The Morgan fingerprint density at radius 1 is 1.21 bits per heavy atom. The van der Waals surface area contributed by atoms with Crippen LogP contribution in [0.2, 0.25) is 0 Å². The molecular formula is C19H18N6O2S. The van der Waals surface area contributed by atoms with E-state index in [1.807, 2.05) is 43.5 Å². The smallest absolute Gasteiger partial charge is 0.264 e. The number of benzene rings is 1. The predicted octanol–water partition coefficient (Wildman–Crippen LogP) is 2.68. The van der Waals surface area contributed by atoms with Gasteiger partial charge in [0.05, 0.1) is 23.9 Å². The fraction of sp³-hybridized carbons (Fsp3) is 0.211. The monoisotopic (exact) mass is 394 g/mol. The van der Waals surface area contributed by atoms with Gasteiger partial charge in [0.2, 0.25) is 5.91 Å². The maximum Gasteiger partial charge on any atom is 0.264 e. The molecule has 0 bridgehead atoms. The standard InChI is InChI=1S/C19H18N6O2S/c1-12-3-5-14(6-4-12)25-17-15(9-21-25)18(27)24(11-20-17)8-7-16(26)23-19-22-13(2)10-28-19/h3-6,9-11H,7-8H2,1-2H3,(H,22,23,26). The van der Waals surface area contributed by atoms with Crippen LogP contribution in [-0.4, -0.2) is 30.2 Å².